The summed E-state index contributed by atoms with van der Waals surface area (Å²) in [4.78, 5) is 0. The van der Waals surface area contributed by atoms with Crippen LogP contribution in [0, 0.1) is 0 Å². The van der Waals surface area contributed by atoms with Crippen LogP contribution in [0.1, 0.15) is 12.5 Å². The van der Waals surface area contributed by atoms with Gasteiger partial charge in [-0.05, 0) is 13.0 Å². The molecule has 1 aliphatic rings. The first-order valence-corrected chi connectivity index (χ1v) is 3.93. The standard InChI is InChI=1S/C10H10O2/c1-2-4-8-5-3-6-9-10(8)12-7-11-9/h2-6H,7H2,1H3. The molecule has 0 aromatic heterocycles. The van der Waals surface area contributed by atoms with E-state index in [1.165, 1.54) is 0 Å². The summed E-state index contributed by atoms with van der Waals surface area (Å²) in [6.07, 6.45) is 3.99. The first-order valence-electron chi connectivity index (χ1n) is 3.93. The molecule has 1 aromatic carbocycles. The average Bonchev–Trinajstić information content (AvgIpc) is 2.53. The molecule has 1 heterocycles. The fraction of sp³-hybridized carbons (Fsp3) is 0.200. The Kier molecular flexibility index (Phi) is 1.74. The minimum absolute atomic E-state index is 0.337. The zero-order chi connectivity index (χ0) is 8.39. The molecule has 2 rings (SSSR count). The van der Waals surface area contributed by atoms with Gasteiger partial charge in [-0.3, -0.25) is 0 Å². The number of hydrogen-bond acceptors (Lipinski definition) is 2. The van der Waals surface area contributed by atoms with Crippen molar-refractivity contribution in [2.75, 3.05) is 6.79 Å². The Bertz CT molecular complexity index is 316. The van der Waals surface area contributed by atoms with Gasteiger partial charge in [-0.2, -0.15) is 0 Å². The highest BCUT2D eigenvalue weighted by atomic mass is 16.7. The third-order valence-corrected chi connectivity index (χ3v) is 1.77. The van der Waals surface area contributed by atoms with Crippen molar-refractivity contribution in [2.24, 2.45) is 0 Å². The van der Waals surface area contributed by atoms with Gasteiger partial charge in [0.05, 0.1) is 0 Å². The van der Waals surface area contributed by atoms with Gasteiger partial charge in [0.25, 0.3) is 0 Å². The van der Waals surface area contributed by atoms with Gasteiger partial charge >= 0.3 is 0 Å². The highest BCUT2D eigenvalue weighted by Gasteiger charge is 2.14. The van der Waals surface area contributed by atoms with Gasteiger partial charge in [-0.25, -0.2) is 0 Å². The molecular formula is C10H10O2. The largest absolute Gasteiger partial charge is 0.454 e. The Hall–Kier alpha value is -1.44. The quantitative estimate of drug-likeness (QED) is 0.631. The number of allylic oxidation sites excluding steroid dienone is 1. The maximum atomic E-state index is 5.31. The molecule has 0 saturated heterocycles. The monoisotopic (exact) mass is 162 g/mol. The number of benzene rings is 1. The van der Waals surface area contributed by atoms with Crippen LogP contribution < -0.4 is 9.47 Å². The third kappa shape index (κ3) is 1.05. The van der Waals surface area contributed by atoms with Crippen molar-refractivity contribution >= 4 is 6.08 Å². The second-order valence-corrected chi connectivity index (χ2v) is 2.58. The number of fused-ring (bicyclic) bond motifs is 1. The highest BCUT2D eigenvalue weighted by Crippen LogP contribution is 2.35. The molecule has 0 N–H and O–H groups in total. The van der Waals surface area contributed by atoms with E-state index in [9.17, 15) is 0 Å². The maximum Gasteiger partial charge on any atom is 0.231 e. The average molecular weight is 162 g/mol. The van der Waals surface area contributed by atoms with Crippen molar-refractivity contribution in [3.63, 3.8) is 0 Å². The first-order chi connectivity index (χ1) is 5.92. The number of ether oxygens (including phenoxy) is 2. The molecule has 0 unspecified atom stereocenters. The maximum absolute atomic E-state index is 5.31. The van der Waals surface area contributed by atoms with E-state index in [1.807, 2.05) is 37.3 Å². The van der Waals surface area contributed by atoms with Crippen molar-refractivity contribution < 1.29 is 9.47 Å². The summed E-state index contributed by atoms with van der Waals surface area (Å²) in [6.45, 7) is 2.32. The van der Waals surface area contributed by atoms with Crippen LogP contribution >= 0.6 is 0 Å². The van der Waals surface area contributed by atoms with E-state index < -0.39 is 0 Å². The molecule has 2 heteroatoms. The molecular weight excluding hydrogens is 152 g/mol. The van der Waals surface area contributed by atoms with Gasteiger partial charge in [0.15, 0.2) is 11.5 Å². The summed E-state index contributed by atoms with van der Waals surface area (Å²) in [5.41, 5.74) is 1.08. The molecule has 1 aromatic rings. The predicted octanol–water partition coefficient (Wildman–Crippen LogP) is 2.45. The zero-order valence-electron chi connectivity index (χ0n) is 6.91. The van der Waals surface area contributed by atoms with Gasteiger partial charge in [0, 0.05) is 5.56 Å². The van der Waals surface area contributed by atoms with E-state index in [-0.39, 0.29) is 0 Å². The van der Waals surface area contributed by atoms with Crippen LogP contribution in [0.3, 0.4) is 0 Å². The molecule has 0 fully saturated rings. The summed E-state index contributed by atoms with van der Waals surface area (Å²) in [5.74, 6) is 1.70. The lowest BCUT2D eigenvalue weighted by atomic mass is 10.2. The van der Waals surface area contributed by atoms with Crippen molar-refractivity contribution in [2.45, 2.75) is 6.92 Å². The van der Waals surface area contributed by atoms with Crippen LogP contribution in [0.2, 0.25) is 0 Å². The number of para-hydroxylation sites is 1. The first kappa shape index (κ1) is 7.22. The topological polar surface area (TPSA) is 18.5 Å². The molecule has 2 nitrogen and oxygen atoms in total. The lowest BCUT2D eigenvalue weighted by Gasteiger charge is -1.98. The Labute approximate surface area is 71.4 Å². The summed E-state index contributed by atoms with van der Waals surface area (Å²) >= 11 is 0. The van der Waals surface area contributed by atoms with Crippen LogP contribution in [-0.2, 0) is 0 Å². The van der Waals surface area contributed by atoms with Crippen LogP contribution in [0.4, 0.5) is 0 Å². The molecule has 62 valence electrons. The molecule has 0 bridgehead atoms. The van der Waals surface area contributed by atoms with E-state index in [0.29, 0.717) is 6.79 Å². The molecule has 12 heavy (non-hydrogen) atoms. The van der Waals surface area contributed by atoms with Gasteiger partial charge in [-0.1, -0.05) is 24.3 Å². The summed E-state index contributed by atoms with van der Waals surface area (Å²) in [5, 5.41) is 0. The van der Waals surface area contributed by atoms with Crippen molar-refractivity contribution in [1.82, 2.24) is 0 Å². The van der Waals surface area contributed by atoms with Crippen LogP contribution in [0.5, 0.6) is 11.5 Å². The molecule has 1 aliphatic heterocycles. The minimum atomic E-state index is 0.337. The summed E-state index contributed by atoms with van der Waals surface area (Å²) in [6, 6.07) is 5.88. The van der Waals surface area contributed by atoms with Gasteiger partial charge in [0.2, 0.25) is 6.79 Å². The van der Waals surface area contributed by atoms with Crippen molar-refractivity contribution in [3.05, 3.63) is 29.8 Å². The molecule has 0 aliphatic carbocycles. The lowest BCUT2D eigenvalue weighted by molar-refractivity contribution is 0.174. The lowest BCUT2D eigenvalue weighted by Crippen LogP contribution is -1.93. The fourth-order valence-electron chi connectivity index (χ4n) is 1.26. The SMILES string of the molecule is CC=Cc1cccc2c1OCO2. The van der Waals surface area contributed by atoms with Gasteiger partial charge in [0.1, 0.15) is 0 Å². The van der Waals surface area contributed by atoms with Gasteiger partial charge in [-0.15, -0.1) is 0 Å². The normalized spacial score (nSPS) is 14.1. The molecule has 0 radical (unpaired) electrons. The van der Waals surface area contributed by atoms with Crippen LogP contribution in [0.15, 0.2) is 24.3 Å². The van der Waals surface area contributed by atoms with E-state index in [2.05, 4.69) is 0 Å². The predicted molar refractivity (Wildman–Crippen MR) is 47.3 cm³/mol. The Morgan fingerprint density at radius 3 is 3.08 bits per heavy atom. The highest BCUT2D eigenvalue weighted by molar-refractivity contribution is 5.62. The third-order valence-electron chi connectivity index (χ3n) is 1.77. The Morgan fingerprint density at radius 1 is 1.33 bits per heavy atom. The zero-order valence-corrected chi connectivity index (χ0v) is 6.91. The minimum Gasteiger partial charge on any atom is -0.454 e. The van der Waals surface area contributed by atoms with E-state index in [1.54, 1.807) is 0 Å². The molecule has 0 atom stereocenters. The van der Waals surface area contributed by atoms with E-state index >= 15 is 0 Å². The van der Waals surface area contributed by atoms with Crippen LogP contribution in [0.25, 0.3) is 6.08 Å². The number of hydrogen-bond donors (Lipinski definition) is 0. The fourth-order valence-corrected chi connectivity index (χ4v) is 1.26. The molecule has 0 amide bonds. The smallest absolute Gasteiger partial charge is 0.231 e. The second-order valence-electron chi connectivity index (χ2n) is 2.58. The second kappa shape index (κ2) is 2.89. The summed E-state index contributed by atoms with van der Waals surface area (Å²) < 4.78 is 10.5. The Morgan fingerprint density at radius 2 is 2.25 bits per heavy atom. The summed E-state index contributed by atoms with van der Waals surface area (Å²) in [7, 11) is 0. The van der Waals surface area contributed by atoms with Crippen molar-refractivity contribution in [3.8, 4) is 11.5 Å². The molecule has 0 saturated carbocycles. The van der Waals surface area contributed by atoms with Gasteiger partial charge < -0.3 is 9.47 Å². The Balaban J connectivity index is 2.49. The van der Waals surface area contributed by atoms with Crippen LogP contribution in [-0.4, -0.2) is 6.79 Å². The van der Waals surface area contributed by atoms with E-state index in [0.717, 1.165) is 17.1 Å². The van der Waals surface area contributed by atoms with Crippen molar-refractivity contribution in [1.29, 1.82) is 0 Å². The van der Waals surface area contributed by atoms with E-state index in [4.69, 9.17) is 9.47 Å². The number of rotatable bonds is 1. The molecule has 0 spiro atoms.